The van der Waals surface area contributed by atoms with E-state index in [0.717, 1.165) is 47.2 Å². The lowest BCUT2D eigenvalue weighted by atomic mass is 10.1. The summed E-state index contributed by atoms with van der Waals surface area (Å²) in [7, 11) is 3.24. The molecule has 3 rings (SSSR count). The van der Waals surface area contributed by atoms with Crippen LogP contribution in [0.25, 0.3) is 0 Å². The first kappa shape index (κ1) is 19.6. The minimum absolute atomic E-state index is 0.0434. The summed E-state index contributed by atoms with van der Waals surface area (Å²) in [6.45, 7) is 5.59. The van der Waals surface area contributed by atoms with Gasteiger partial charge in [0.2, 0.25) is 0 Å². The number of hydrogen-bond acceptors (Lipinski definition) is 6. The van der Waals surface area contributed by atoms with Gasteiger partial charge in [-0.05, 0) is 57.0 Å². The highest BCUT2D eigenvalue weighted by atomic mass is 32.1. The summed E-state index contributed by atoms with van der Waals surface area (Å²) in [4.78, 5) is 20.2. The number of aryl methyl sites for hydroxylation is 1. The van der Waals surface area contributed by atoms with Gasteiger partial charge in [0.25, 0.3) is 5.91 Å². The molecule has 0 aliphatic carbocycles. The predicted octanol–water partition coefficient (Wildman–Crippen LogP) is 3.04. The summed E-state index contributed by atoms with van der Waals surface area (Å²) in [6.07, 6.45) is 3.24. The largest absolute Gasteiger partial charge is 0.493 e. The maximum atomic E-state index is 12.5. The molecule has 2 aromatic rings. The summed E-state index contributed by atoms with van der Waals surface area (Å²) in [6, 6.07) is 5.81. The lowest BCUT2D eigenvalue weighted by Crippen LogP contribution is -2.25. The number of carbonyl (C=O) groups is 1. The number of benzene rings is 1. The molecule has 146 valence electrons. The maximum Gasteiger partial charge on any atom is 0.263 e. The minimum Gasteiger partial charge on any atom is -0.493 e. The Morgan fingerprint density at radius 3 is 2.67 bits per heavy atom. The SMILES string of the molecule is COc1ccc(CCNC(=O)c2sc(CN3CCCC3)nc2C)cc1OC. The van der Waals surface area contributed by atoms with Crippen molar-refractivity contribution in [3.63, 3.8) is 0 Å². The van der Waals surface area contributed by atoms with Crippen LogP contribution in [0.15, 0.2) is 18.2 Å². The minimum atomic E-state index is -0.0434. The number of carbonyl (C=O) groups excluding carboxylic acids is 1. The fourth-order valence-corrected chi connectivity index (χ4v) is 4.32. The van der Waals surface area contributed by atoms with E-state index >= 15 is 0 Å². The van der Waals surface area contributed by atoms with Crippen molar-refractivity contribution in [2.75, 3.05) is 33.9 Å². The van der Waals surface area contributed by atoms with Gasteiger partial charge in [-0.2, -0.15) is 0 Å². The average Bonchev–Trinajstić information content (AvgIpc) is 3.31. The van der Waals surface area contributed by atoms with Gasteiger partial charge in [-0.25, -0.2) is 4.98 Å². The number of aromatic nitrogens is 1. The van der Waals surface area contributed by atoms with Crippen molar-refractivity contribution in [3.05, 3.63) is 39.3 Å². The molecular weight excluding hydrogens is 362 g/mol. The maximum absolute atomic E-state index is 12.5. The van der Waals surface area contributed by atoms with E-state index in [-0.39, 0.29) is 5.91 Å². The topological polar surface area (TPSA) is 63.7 Å². The Balaban J connectivity index is 1.54. The van der Waals surface area contributed by atoms with Crippen molar-refractivity contribution in [1.82, 2.24) is 15.2 Å². The summed E-state index contributed by atoms with van der Waals surface area (Å²) >= 11 is 1.51. The third-order valence-electron chi connectivity index (χ3n) is 4.75. The summed E-state index contributed by atoms with van der Waals surface area (Å²) in [5.41, 5.74) is 1.90. The van der Waals surface area contributed by atoms with Crippen LogP contribution in [-0.4, -0.2) is 49.6 Å². The number of hydrogen-bond donors (Lipinski definition) is 1. The van der Waals surface area contributed by atoms with Crippen LogP contribution < -0.4 is 14.8 Å². The highest BCUT2D eigenvalue weighted by Crippen LogP contribution is 2.27. The number of amides is 1. The van der Waals surface area contributed by atoms with Crippen LogP contribution in [-0.2, 0) is 13.0 Å². The van der Waals surface area contributed by atoms with Gasteiger partial charge in [0.1, 0.15) is 9.88 Å². The average molecular weight is 390 g/mol. The third-order valence-corrected chi connectivity index (χ3v) is 5.89. The van der Waals surface area contributed by atoms with Gasteiger partial charge in [0.15, 0.2) is 11.5 Å². The van der Waals surface area contributed by atoms with E-state index < -0.39 is 0 Å². The fourth-order valence-electron chi connectivity index (χ4n) is 3.30. The van der Waals surface area contributed by atoms with Crippen molar-refractivity contribution in [2.24, 2.45) is 0 Å². The number of nitrogens with zero attached hydrogens (tertiary/aromatic N) is 2. The molecule has 1 aromatic heterocycles. The molecule has 0 unspecified atom stereocenters. The molecule has 6 nitrogen and oxygen atoms in total. The third kappa shape index (κ3) is 4.99. The van der Waals surface area contributed by atoms with Crippen molar-refractivity contribution < 1.29 is 14.3 Å². The van der Waals surface area contributed by atoms with Gasteiger partial charge in [-0.1, -0.05) is 6.07 Å². The van der Waals surface area contributed by atoms with E-state index in [1.165, 1.54) is 24.2 Å². The molecular formula is C20H27N3O3S. The molecule has 1 saturated heterocycles. The van der Waals surface area contributed by atoms with Crippen molar-refractivity contribution in [1.29, 1.82) is 0 Å². The van der Waals surface area contributed by atoms with Crippen LogP contribution >= 0.6 is 11.3 Å². The quantitative estimate of drug-likeness (QED) is 0.752. The van der Waals surface area contributed by atoms with Crippen LogP contribution in [0.2, 0.25) is 0 Å². The Hall–Kier alpha value is -2.12. The van der Waals surface area contributed by atoms with Crippen LogP contribution in [0, 0.1) is 6.92 Å². The first-order valence-electron chi connectivity index (χ1n) is 9.28. The molecule has 0 atom stereocenters. The van der Waals surface area contributed by atoms with E-state index in [0.29, 0.717) is 18.0 Å². The molecule has 1 N–H and O–H groups in total. The number of nitrogens with one attached hydrogen (secondary N) is 1. The second-order valence-electron chi connectivity index (χ2n) is 6.70. The first-order chi connectivity index (χ1) is 13.1. The molecule has 1 fully saturated rings. The van der Waals surface area contributed by atoms with Crippen molar-refractivity contribution in [3.8, 4) is 11.5 Å². The number of methoxy groups -OCH3 is 2. The van der Waals surface area contributed by atoms with Gasteiger partial charge < -0.3 is 14.8 Å². The number of likely N-dealkylation sites (tertiary alicyclic amines) is 1. The Bertz CT molecular complexity index is 785. The summed E-state index contributed by atoms with van der Waals surface area (Å²) in [5, 5.41) is 4.03. The highest BCUT2D eigenvalue weighted by Gasteiger charge is 2.18. The zero-order valence-corrected chi connectivity index (χ0v) is 17.0. The van der Waals surface area contributed by atoms with E-state index in [2.05, 4.69) is 15.2 Å². The van der Waals surface area contributed by atoms with Gasteiger partial charge in [0, 0.05) is 6.54 Å². The molecule has 0 saturated carbocycles. The lowest BCUT2D eigenvalue weighted by Gasteiger charge is -2.11. The van der Waals surface area contributed by atoms with E-state index in [1.54, 1.807) is 14.2 Å². The number of thiazole rings is 1. The van der Waals surface area contributed by atoms with Crippen LogP contribution in [0.1, 0.15) is 38.8 Å². The zero-order valence-electron chi connectivity index (χ0n) is 16.2. The van der Waals surface area contributed by atoms with E-state index in [9.17, 15) is 4.79 Å². The van der Waals surface area contributed by atoms with Gasteiger partial charge in [-0.15, -0.1) is 11.3 Å². The molecule has 1 aliphatic heterocycles. The molecule has 1 aromatic carbocycles. The van der Waals surface area contributed by atoms with Crippen LogP contribution in [0.4, 0.5) is 0 Å². The van der Waals surface area contributed by atoms with Gasteiger partial charge in [-0.3, -0.25) is 9.69 Å². The van der Waals surface area contributed by atoms with Gasteiger partial charge >= 0.3 is 0 Å². The van der Waals surface area contributed by atoms with Crippen molar-refractivity contribution >= 4 is 17.2 Å². The van der Waals surface area contributed by atoms with E-state index in [4.69, 9.17) is 9.47 Å². The van der Waals surface area contributed by atoms with Crippen molar-refractivity contribution in [2.45, 2.75) is 32.7 Å². The fraction of sp³-hybridized carbons (Fsp3) is 0.500. The number of rotatable bonds is 8. The molecule has 0 radical (unpaired) electrons. The Labute approximate surface area is 164 Å². The van der Waals surface area contributed by atoms with Crippen LogP contribution in [0.3, 0.4) is 0 Å². The molecule has 0 bridgehead atoms. The lowest BCUT2D eigenvalue weighted by molar-refractivity contribution is 0.0957. The first-order valence-corrected chi connectivity index (χ1v) is 10.1. The standard InChI is InChI=1S/C20H27N3O3S/c1-14-19(27-18(22-14)13-23-10-4-5-11-23)20(24)21-9-8-15-6-7-16(25-2)17(12-15)26-3/h6-7,12H,4-5,8-11,13H2,1-3H3,(H,21,24). The monoisotopic (exact) mass is 389 g/mol. The molecule has 0 spiro atoms. The molecule has 1 amide bonds. The second kappa shape index (κ2) is 9.19. The normalized spacial score (nSPS) is 14.3. The molecule has 7 heteroatoms. The zero-order chi connectivity index (χ0) is 19.2. The smallest absolute Gasteiger partial charge is 0.263 e. The second-order valence-corrected chi connectivity index (χ2v) is 7.78. The Morgan fingerprint density at radius 1 is 1.22 bits per heavy atom. The Morgan fingerprint density at radius 2 is 1.96 bits per heavy atom. The van der Waals surface area contributed by atoms with E-state index in [1.807, 2.05) is 25.1 Å². The highest BCUT2D eigenvalue weighted by molar-refractivity contribution is 7.13. The summed E-state index contributed by atoms with van der Waals surface area (Å²) < 4.78 is 10.6. The molecule has 2 heterocycles. The van der Waals surface area contributed by atoms with Crippen LogP contribution in [0.5, 0.6) is 11.5 Å². The molecule has 27 heavy (non-hydrogen) atoms. The predicted molar refractivity (Wildman–Crippen MR) is 107 cm³/mol. The van der Waals surface area contributed by atoms with Gasteiger partial charge in [0.05, 0.1) is 26.5 Å². The summed E-state index contributed by atoms with van der Waals surface area (Å²) in [5.74, 6) is 1.36. The number of ether oxygens (including phenoxy) is 2. The Kier molecular flexibility index (Phi) is 6.68. The molecule has 1 aliphatic rings.